The van der Waals surface area contributed by atoms with Crippen LogP contribution in [0.4, 0.5) is 4.39 Å². The topological polar surface area (TPSA) is 40.5 Å². The molecular weight excluding hydrogens is 313 g/mol. The molecule has 1 heterocycles. The summed E-state index contributed by atoms with van der Waals surface area (Å²) >= 11 is 3.26. The maximum atomic E-state index is 13.5. The fourth-order valence-corrected chi connectivity index (χ4v) is 2.44. The Hall–Kier alpha value is -1.20. The number of amides is 1. The van der Waals surface area contributed by atoms with Crippen molar-refractivity contribution in [2.45, 2.75) is 18.9 Å². The van der Waals surface area contributed by atoms with Crippen molar-refractivity contribution >= 4 is 27.9 Å². The Balaban J connectivity index is 2.05. The van der Waals surface area contributed by atoms with Gasteiger partial charge in [-0.05, 0) is 37.1 Å². The van der Waals surface area contributed by atoms with Crippen molar-refractivity contribution in [1.29, 1.82) is 0 Å². The highest BCUT2D eigenvalue weighted by Crippen LogP contribution is 2.17. The molecule has 1 aliphatic heterocycles. The Morgan fingerprint density at radius 2 is 2.32 bits per heavy atom. The molecule has 3 nitrogen and oxygen atoms in total. The molecule has 1 fully saturated rings. The van der Waals surface area contributed by atoms with Gasteiger partial charge < -0.3 is 10.0 Å². The molecule has 1 N–H and O–H groups in total. The summed E-state index contributed by atoms with van der Waals surface area (Å²) in [5.74, 6) is -0.566. The number of hydrogen-bond acceptors (Lipinski definition) is 2. The molecular formula is C14H15BrFNO2. The summed E-state index contributed by atoms with van der Waals surface area (Å²) in [5.41, 5.74) is 0.361. The molecule has 1 atom stereocenters. The van der Waals surface area contributed by atoms with Crippen LogP contribution in [0.2, 0.25) is 0 Å². The second-order valence-electron chi connectivity index (χ2n) is 4.58. The Bertz CT molecular complexity index is 504. The standard InChI is InChI=1S/C14H15BrFNO2/c15-11-4-5-13(16)10(8-11)3-6-14(19)17-7-1-2-12(18)9-17/h3-6,8,12,18H,1-2,7,9H2/b6-3+. The number of halogens is 2. The summed E-state index contributed by atoms with van der Waals surface area (Å²) in [7, 11) is 0. The second kappa shape index (κ2) is 6.30. The molecule has 1 aliphatic rings. The van der Waals surface area contributed by atoms with Crippen LogP contribution in [0.25, 0.3) is 6.08 Å². The average molecular weight is 328 g/mol. The van der Waals surface area contributed by atoms with E-state index in [2.05, 4.69) is 15.9 Å². The Morgan fingerprint density at radius 1 is 1.53 bits per heavy atom. The Kier molecular flexibility index (Phi) is 4.71. The molecule has 1 aromatic carbocycles. The number of likely N-dealkylation sites (tertiary alicyclic amines) is 1. The van der Waals surface area contributed by atoms with E-state index in [1.54, 1.807) is 17.0 Å². The first-order valence-corrected chi connectivity index (χ1v) is 6.95. The SMILES string of the molecule is O=C(/C=C/c1cc(Br)ccc1F)N1CCCC(O)C1. The van der Waals surface area contributed by atoms with Gasteiger partial charge in [0.25, 0.3) is 0 Å². The summed E-state index contributed by atoms with van der Waals surface area (Å²) in [6, 6.07) is 4.57. The van der Waals surface area contributed by atoms with Gasteiger partial charge in [-0.1, -0.05) is 15.9 Å². The predicted octanol–water partition coefficient (Wildman–Crippen LogP) is 2.58. The summed E-state index contributed by atoms with van der Waals surface area (Å²) in [6.45, 7) is 0.991. The molecule has 19 heavy (non-hydrogen) atoms. The van der Waals surface area contributed by atoms with Crippen molar-refractivity contribution in [3.63, 3.8) is 0 Å². The first-order chi connectivity index (χ1) is 9.06. The van der Waals surface area contributed by atoms with Gasteiger partial charge in [0, 0.05) is 29.2 Å². The van der Waals surface area contributed by atoms with E-state index in [0.29, 0.717) is 18.7 Å². The molecule has 0 bridgehead atoms. The van der Waals surface area contributed by atoms with Crippen LogP contribution in [0.1, 0.15) is 18.4 Å². The van der Waals surface area contributed by atoms with Crippen molar-refractivity contribution in [2.24, 2.45) is 0 Å². The number of rotatable bonds is 2. The lowest BCUT2D eigenvalue weighted by molar-refractivity contribution is -0.128. The van der Waals surface area contributed by atoms with Crippen molar-refractivity contribution in [2.75, 3.05) is 13.1 Å². The average Bonchev–Trinajstić information content (AvgIpc) is 2.39. The highest BCUT2D eigenvalue weighted by molar-refractivity contribution is 9.10. The first-order valence-electron chi connectivity index (χ1n) is 6.16. The molecule has 0 aliphatic carbocycles. The van der Waals surface area contributed by atoms with Crippen molar-refractivity contribution < 1.29 is 14.3 Å². The van der Waals surface area contributed by atoms with E-state index >= 15 is 0 Å². The maximum absolute atomic E-state index is 13.5. The number of piperidine rings is 1. The molecule has 1 saturated heterocycles. The van der Waals surface area contributed by atoms with Gasteiger partial charge in [-0.25, -0.2) is 4.39 Å². The number of carbonyl (C=O) groups excluding carboxylic acids is 1. The number of β-amino-alcohol motifs (C(OH)–C–C–N with tert-alkyl or cyclic N) is 1. The molecule has 1 amide bonds. The molecule has 2 rings (SSSR count). The van der Waals surface area contributed by atoms with E-state index in [1.807, 2.05) is 0 Å². The van der Waals surface area contributed by atoms with Gasteiger partial charge in [0.05, 0.1) is 6.10 Å². The lowest BCUT2D eigenvalue weighted by Gasteiger charge is -2.29. The fourth-order valence-electron chi connectivity index (χ4n) is 2.06. The van der Waals surface area contributed by atoms with Gasteiger partial charge >= 0.3 is 0 Å². The minimum Gasteiger partial charge on any atom is -0.391 e. The molecule has 5 heteroatoms. The minimum atomic E-state index is -0.450. The number of nitrogens with zero attached hydrogens (tertiary/aromatic N) is 1. The predicted molar refractivity (Wildman–Crippen MR) is 75.0 cm³/mol. The molecule has 0 aromatic heterocycles. The van der Waals surface area contributed by atoms with Crippen LogP contribution in [-0.4, -0.2) is 35.1 Å². The third-order valence-corrected chi connectivity index (χ3v) is 3.56. The van der Waals surface area contributed by atoms with E-state index < -0.39 is 6.10 Å². The number of hydrogen-bond donors (Lipinski definition) is 1. The number of benzene rings is 1. The third-order valence-electron chi connectivity index (χ3n) is 3.07. The van der Waals surface area contributed by atoms with E-state index in [9.17, 15) is 14.3 Å². The lowest BCUT2D eigenvalue weighted by Crippen LogP contribution is -2.41. The normalized spacial score (nSPS) is 19.9. The fraction of sp³-hybridized carbons (Fsp3) is 0.357. The van der Waals surface area contributed by atoms with E-state index in [-0.39, 0.29) is 11.7 Å². The van der Waals surface area contributed by atoms with Gasteiger partial charge in [0.15, 0.2) is 0 Å². The summed E-state index contributed by atoms with van der Waals surface area (Å²) in [4.78, 5) is 13.5. The van der Waals surface area contributed by atoms with Gasteiger partial charge in [-0.15, -0.1) is 0 Å². The van der Waals surface area contributed by atoms with Crippen molar-refractivity contribution in [3.8, 4) is 0 Å². The summed E-state index contributed by atoms with van der Waals surface area (Å²) in [5, 5.41) is 9.51. The Morgan fingerprint density at radius 3 is 3.05 bits per heavy atom. The zero-order valence-electron chi connectivity index (χ0n) is 10.4. The summed E-state index contributed by atoms with van der Waals surface area (Å²) in [6.07, 6.45) is 3.89. The van der Waals surface area contributed by atoms with Gasteiger partial charge in [-0.3, -0.25) is 4.79 Å². The maximum Gasteiger partial charge on any atom is 0.246 e. The Labute approximate surface area is 119 Å². The van der Waals surface area contributed by atoms with Crippen LogP contribution in [0.15, 0.2) is 28.7 Å². The first kappa shape index (κ1) is 14.2. The zero-order chi connectivity index (χ0) is 13.8. The zero-order valence-corrected chi connectivity index (χ0v) is 11.9. The minimum absolute atomic E-state index is 0.196. The smallest absolute Gasteiger partial charge is 0.246 e. The van der Waals surface area contributed by atoms with E-state index in [1.165, 1.54) is 18.2 Å². The highest BCUT2D eigenvalue weighted by atomic mass is 79.9. The quantitative estimate of drug-likeness (QED) is 0.848. The van der Waals surface area contributed by atoms with Crippen LogP contribution in [0.5, 0.6) is 0 Å². The number of aliphatic hydroxyl groups is 1. The second-order valence-corrected chi connectivity index (χ2v) is 5.50. The molecule has 0 radical (unpaired) electrons. The van der Waals surface area contributed by atoms with Gasteiger partial charge in [0.2, 0.25) is 5.91 Å². The van der Waals surface area contributed by atoms with E-state index in [0.717, 1.165) is 17.3 Å². The van der Waals surface area contributed by atoms with Crippen molar-refractivity contribution in [1.82, 2.24) is 4.90 Å². The molecule has 1 aromatic rings. The lowest BCUT2D eigenvalue weighted by atomic mass is 10.1. The van der Waals surface area contributed by atoms with E-state index in [4.69, 9.17) is 0 Å². The third kappa shape index (κ3) is 3.88. The van der Waals surface area contributed by atoms with Crippen LogP contribution < -0.4 is 0 Å². The highest BCUT2D eigenvalue weighted by Gasteiger charge is 2.20. The molecule has 1 unspecified atom stereocenters. The number of carbonyl (C=O) groups is 1. The number of aliphatic hydroxyl groups excluding tert-OH is 1. The van der Waals surface area contributed by atoms with Crippen LogP contribution in [0, 0.1) is 5.82 Å². The molecule has 102 valence electrons. The summed E-state index contributed by atoms with van der Waals surface area (Å²) < 4.78 is 14.2. The van der Waals surface area contributed by atoms with Crippen LogP contribution >= 0.6 is 15.9 Å². The monoisotopic (exact) mass is 327 g/mol. The van der Waals surface area contributed by atoms with Crippen molar-refractivity contribution in [3.05, 3.63) is 40.1 Å². The van der Waals surface area contributed by atoms with Crippen LogP contribution in [0.3, 0.4) is 0 Å². The molecule has 0 spiro atoms. The van der Waals surface area contributed by atoms with Crippen LogP contribution in [-0.2, 0) is 4.79 Å². The van der Waals surface area contributed by atoms with Gasteiger partial charge in [0.1, 0.15) is 5.82 Å². The molecule has 0 saturated carbocycles. The van der Waals surface area contributed by atoms with Gasteiger partial charge in [-0.2, -0.15) is 0 Å². The largest absolute Gasteiger partial charge is 0.391 e.